The third-order valence-electron chi connectivity index (χ3n) is 1.86. The first-order chi connectivity index (χ1) is 6.91. The van der Waals surface area contributed by atoms with E-state index < -0.39 is 29.9 Å². The summed E-state index contributed by atoms with van der Waals surface area (Å²) in [5.41, 5.74) is -1.43. The van der Waals surface area contributed by atoms with Crippen molar-refractivity contribution in [2.75, 3.05) is 7.11 Å². The Kier molecular flexibility index (Phi) is 3.18. The molecule has 0 aliphatic rings. The first-order valence-corrected chi connectivity index (χ1v) is 3.95. The van der Waals surface area contributed by atoms with Gasteiger partial charge in [-0.05, 0) is 6.07 Å². The summed E-state index contributed by atoms with van der Waals surface area (Å²) >= 11 is 0. The number of halogens is 4. The van der Waals surface area contributed by atoms with E-state index in [2.05, 4.69) is 4.74 Å². The van der Waals surface area contributed by atoms with Crippen LogP contribution in [0.5, 0.6) is 5.75 Å². The van der Waals surface area contributed by atoms with Gasteiger partial charge in [0, 0.05) is 5.56 Å². The minimum absolute atomic E-state index is 0.0250. The number of rotatable bonds is 2. The average Bonchev–Trinajstić information content (AvgIpc) is 2.15. The Labute approximate surface area is 83.1 Å². The second-order valence-electron chi connectivity index (χ2n) is 2.78. The van der Waals surface area contributed by atoms with Gasteiger partial charge in [0.05, 0.1) is 19.3 Å². The van der Waals surface area contributed by atoms with Crippen molar-refractivity contribution in [1.82, 2.24) is 0 Å². The number of methoxy groups -OCH3 is 1. The van der Waals surface area contributed by atoms with Crippen LogP contribution < -0.4 is 4.74 Å². The molecule has 0 bridgehead atoms. The molecule has 0 heterocycles. The predicted octanol–water partition coefficient (Wildman–Crippen LogP) is 2.35. The average molecular weight is 224 g/mol. The van der Waals surface area contributed by atoms with Gasteiger partial charge in [-0.2, -0.15) is 13.2 Å². The third-order valence-corrected chi connectivity index (χ3v) is 1.86. The molecule has 0 aromatic heterocycles. The summed E-state index contributed by atoms with van der Waals surface area (Å²) in [5, 5.41) is 8.74. The largest absolute Gasteiger partial charge is 0.493 e. The van der Waals surface area contributed by atoms with Crippen LogP contribution >= 0.6 is 0 Å². The van der Waals surface area contributed by atoms with E-state index in [1.165, 1.54) is 0 Å². The van der Waals surface area contributed by atoms with Crippen molar-refractivity contribution in [2.24, 2.45) is 0 Å². The summed E-state index contributed by atoms with van der Waals surface area (Å²) in [6.45, 7) is -0.585. The summed E-state index contributed by atoms with van der Waals surface area (Å²) < 4.78 is 54.5. The monoisotopic (exact) mass is 224 g/mol. The van der Waals surface area contributed by atoms with Crippen molar-refractivity contribution in [3.63, 3.8) is 0 Å². The van der Waals surface area contributed by atoms with Crippen LogP contribution in [0.1, 0.15) is 11.1 Å². The number of ether oxygens (including phenoxy) is 1. The Balaban J connectivity index is 3.36. The number of aliphatic hydroxyl groups is 1. The number of hydrogen-bond acceptors (Lipinski definition) is 2. The van der Waals surface area contributed by atoms with E-state index in [-0.39, 0.29) is 5.56 Å². The molecule has 84 valence electrons. The van der Waals surface area contributed by atoms with Crippen molar-refractivity contribution in [3.05, 3.63) is 29.1 Å². The van der Waals surface area contributed by atoms with Crippen molar-refractivity contribution < 1.29 is 27.4 Å². The molecule has 0 aliphatic carbocycles. The van der Waals surface area contributed by atoms with Crippen LogP contribution in [0.15, 0.2) is 12.1 Å². The van der Waals surface area contributed by atoms with E-state index in [1.54, 1.807) is 0 Å². The summed E-state index contributed by atoms with van der Waals surface area (Å²) in [5.74, 6) is -2.08. The highest BCUT2D eigenvalue weighted by Crippen LogP contribution is 2.36. The predicted molar refractivity (Wildman–Crippen MR) is 43.9 cm³/mol. The second kappa shape index (κ2) is 4.06. The lowest BCUT2D eigenvalue weighted by molar-refractivity contribution is -0.140. The van der Waals surface area contributed by atoms with Crippen LogP contribution in [0, 0.1) is 5.82 Å². The molecule has 0 radical (unpaired) electrons. The fraction of sp³-hybridized carbons (Fsp3) is 0.333. The number of hydrogen-bond donors (Lipinski definition) is 1. The number of benzene rings is 1. The van der Waals surface area contributed by atoms with E-state index in [0.29, 0.717) is 6.07 Å². The normalized spacial score (nSPS) is 11.6. The van der Waals surface area contributed by atoms with Gasteiger partial charge in [0.1, 0.15) is 0 Å². The van der Waals surface area contributed by atoms with Gasteiger partial charge in [-0.3, -0.25) is 0 Å². The lowest BCUT2D eigenvalue weighted by atomic mass is 10.1. The zero-order valence-corrected chi connectivity index (χ0v) is 7.73. The highest BCUT2D eigenvalue weighted by molar-refractivity contribution is 5.40. The van der Waals surface area contributed by atoms with Gasteiger partial charge in [-0.25, -0.2) is 4.39 Å². The van der Waals surface area contributed by atoms with E-state index >= 15 is 0 Å². The van der Waals surface area contributed by atoms with Crippen LogP contribution in [0.25, 0.3) is 0 Å². The highest BCUT2D eigenvalue weighted by atomic mass is 19.4. The Bertz CT molecular complexity index is 360. The van der Waals surface area contributed by atoms with Gasteiger partial charge in [0.2, 0.25) is 0 Å². The van der Waals surface area contributed by atoms with Gasteiger partial charge < -0.3 is 9.84 Å². The van der Waals surface area contributed by atoms with Gasteiger partial charge in [0.25, 0.3) is 0 Å². The molecule has 2 nitrogen and oxygen atoms in total. The molecule has 6 heteroatoms. The van der Waals surface area contributed by atoms with Gasteiger partial charge in [-0.1, -0.05) is 6.07 Å². The lowest BCUT2D eigenvalue weighted by Crippen LogP contribution is -2.10. The molecule has 0 saturated heterocycles. The van der Waals surface area contributed by atoms with Crippen LogP contribution in [0.4, 0.5) is 17.6 Å². The van der Waals surface area contributed by atoms with Crippen LogP contribution in [-0.4, -0.2) is 12.2 Å². The van der Waals surface area contributed by atoms with Crippen molar-refractivity contribution in [1.29, 1.82) is 0 Å². The molecular formula is C9H8F4O2. The minimum atomic E-state index is -4.77. The SMILES string of the molecule is COc1c(CO)ccc(C(F)(F)F)c1F. The number of aliphatic hydroxyl groups excluding tert-OH is 1. The lowest BCUT2D eigenvalue weighted by Gasteiger charge is -2.13. The first-order valence-electron chi connectivity index (χ1n) is 3.95. The summed E-state index contributed by atoms with van der Waals surface area (Å²) in [6.07, 6.45) is -4.77. The smallest absolute Gasteiger partial charge is 0.419 e. The quantitative estimate of drug-likeness (QED) is 0.781. The third kappa shape index (κ3) is 2.20. The maximum atomic E-state index is 13.3. The molecular weight excluding hydrogens is 216 g/mol. The maximum Gasteiger partial charge on any atom is 0.419 e. The number of alkyl halides is 3. The molecule has 0 spiro atoms. The first kappa shape index (κ1) is 11.8. The molecule has 1 N–H and O–H groups in total. The molecule has 0 unspecified atom stereocenters. The van der Waals surface area contributed by atoms with E-state index in [0.717, 1.165) is 13.2 Å². The zero-order valence-electron chi connectivity index (χ0n) is 7.73. The van der Waals surface area contributed by atoms with E-state index in [9.17, 15) is 17.6 Å². The van der Waals surface area contributed by atoms with Gasteiger partial charge >= 0.3 is 6.18 Å². The van der Waals surface area contributed by atoms with Gasteiger partial charge in [-0.15, -0.1) is 0 Å². The Morgan fingerprint density at radius 3 is 2.33 bits per heavy atom. The molecule has 1 rings (SSSR count). The van der Waals surface area contributed by atoms with Crippen LogP contribution in [0.3, 0.4) is 0 Å². The van der Waals surface area contributed by atoms with E-state index in [4.69, 9.17) is 5.11 Å². The molecule has 0 atom stereocenters. The Morgan fingerprint density at radius 2 is 1.93 bits per heavy atom. The topological polar surface area (TPSA) is 29.5 Å². The molecule has 15 heavy (non-hydrogen) atoms. The Morgan fingerprint density at radius 1 is 1.33 bits per heavy atom. The molecule has 1 aromatic carbocycles. The molecule has 0 fully saturated rings. The van der Waals surface area contributed by atoms with Crippen molar-refractivity contribution in [3.8, 4) is 5.75 Å². The standard InChI is InChI=1S/C9H8F4O2/c1-15-8-5(4-14)2-3-6(7(8)10)9(11,12)13/h2-3,14H,4H2,1H3. The fourth-order valence-electron chi connectivity index (χ4n) is 1.16. The highest BCUT2D eigenvalue weighted by Gasteiger charge is 2.35. The van der Waals surface area contributed by atoms with Crippen LogP contribution in [-0.2, 0) is 12.8 Å². The zero-order chi connectivity index (χ0) is 11.6. The van der Waals surface area contributed by atoms with E-state index in [1.807, 2.05) is 0 Å². The maximum absolute atomic E-state index is 13.3. The molecule has 1 aromatic rings. The molecule has 0 aliphatic heterocycles. The summed E-state index contributed by atoms with van der Waals surface area (Å²) in [6, 6.07) is 1.55. The summed E-state index contributed by atoms with van der Waals surface area (Å²) in [4.78, 5) is 0. The summed E-state index contributed by atoms with van der Waals surface area (Å²) in [7, 11) is 1.04. The van der Waals surface area contributed by atoms with Crippen LogP contribution in [0.2, 0.25) is 0 Å². The van der Waals surface area contributed by atoms with Crippen molar-refractivity contribution in [2.45, 2.75) is 12.8 Å². The second-order valence-corrected chi connectivity index (χ2v) is 2.78. The minimum Gasteiger partial charge on any atom is -0.493 e. The molecule has 0 amide bonds. The van der Waals surface area contributed by atoms with Gasteiger partial charge in [0.15, 0.2) is 11.6 Å². The van der Waals surface area contributed by atoms with Crippen molar-refractivity contribution >= 4 is 0 Å². The fourth-order valence-corrected chi connectivity index (χ4v) is 1.16. The molecule has 0 saturated carbocycles. The Hall–Kier alpha value is -1.30.